The zero-order valence-electron chi connectivity index (χ0n) is 9.84. The van der Waals surface area contributed by atoms with Crippen LogP contribution >= 0.6 is 0 Å². The van der Waals surface area contributed by atoms with E-state index in [0.29, 0.717) is 0 Å². The van der Waals surface area contributed by atoms with Gasteiger partial charge in [0, 0.05) is 6.04 Å². The van der Waals surface area contributed by atoms with Crippen molar-refractivity contribution in [2.24, 2.45) is 5.41 Å². The highest BCUT2D eigenvalue weighted by atomic mass is 16.3. The molecule has 4 nitrogen and oxygen atoms in total. The number of carbonyl (C=O) groups excluding carboxylic acids is 1. The van der Waals surface area contributed by atoms with Crippen LogP contribution in [-0.2, 0) is 4.79 Å². The van der Waals surface area contributed by atoms with E-state index in [-0.39, 0.29) is 30.0 Å². The third-order valence-electron chi connectivity index (χ3n) is 3.05. The lowest BCUT2D eigenvalue weighted by Gasteiger charge is -2.38. The zero-order chi connectivity index (χ0) is 11.5. The molecule has 0 aromatic rings. The monoisotopic (exact) mass is 214 g/mol. The van der Waals surface area contributed by atoms with Crippen LogP contribution in [0.2, 0.25) is 0 Å². The van der Waals surface area contributed by atoms with Gasteiger partial charge >= 0.3 is 0 Å². The van der Waals surface area contributed by atoms with E-state index in [4.69, 9.17) is 5.11 Å². The van der Waals surface area contributed by atoms with E-state index < -0.39 is 0 Å². The highest BCUT2D eigenvalue weighted by Crippen LogP contribution is 2.30. The second-order valence-corrected chi connectivity index (χ2v) is 5.07. The third kappa shape index (κ3) is 3.18. The fourth-order valence-electron chi connectivity index (χ4n) is 2.03. The standard InChI is InChI=1S/C11H22N2O2/c1-8(7-14)13-10(15)9-11(2,3)5-4-6-12-9/h8-9,12,14H,4-7H2,1-3H3,(H,13,15)/t8-,9?/m1/s1. The van der Waals surface area contributed by atoms with Gasteiger partial charge in [-0.25, -0.2) is 0 Å². The molecule has 0 bridgehead atoms. The molecule has 1 aliphatic rings. The second kappa shape index (κ2) is 4.94. The van der Waals surface area contributed by atoms with E-state index in [1.54, 1.807) is 6.92 Å². The highest BCUT2D eigenvalue weighted by molar-refractivity contribution is 5.83. The second-order valence-electron chi connectivity index (χ2n) is 5.07. The largest absolute Gasteiger partial charge is 0.394 e. The van der Waals surface area contributed by atoms with Gasteiger partial charge in [-0.3, -0.25) is 4.79 Å². The van der Waals surface area contributed by atoms with Crippen LogP contribution in [0.4, 0.5) is 0 Å². The lowest BCUT2D eigenvalue weighted by atomic mass is 9.77. The number of piperidine rings is 1. The van der Waals surface area contributed by atoms with Crippen molar-refractivity contribution in [1.29, 1.82) is 0 Å². The van der Waals surface area contributed by atoms with Gasteiger partial charge in [0.1, 0.15) is 0 Å². The Morgan fingerprint density at radius 3 is 2.87 bits per heavy atom. The van der Waals surface area contributed by atoms with Gasteiger partial charge in [0.15, 0.2) is 0 Å². The number of hydrogen-bond acceptors (Lipinski definition) is 3. The molecule has 88 valence electrons. The van der Waals surface area contributed by atoms with Gasteiger partial charge in [0.05, 0.1) is 12.6 Å². The first kappa shape index (κ1) is 12.5. The predicted octanol–water partition coefficient (Wildman–Crippen LogP) is 0.262. The maximum absolute atomic E-state index is 11.9. The number of carbonyl (C=O) groups is 1. The molecule has 0 saturated carbocycles. The molecule has 4 heteroatoms. The average Bonchev–Trinajstić information content (AvgIpc) is 2.16. The number of nitrogens with one attached hydrogen (secondary N) is 2. The van der Waals surface area contributed by atoms with E-state index in [1.165, 1.54) is 0 Å². The quantitative estimate of drug-likeness (QED) is 0.631. The van der Waals surface area contributed by atoms with Crippen LogP contribution in [0.5, 0.6) is 0 Å². The first-order valence-electron chi connectivity index (χ1n) is 5.62. The van der Waals surface area contributed by atoms with E-state index in [1.807, 2.05) is 0 Å². The van der Waals surface area contributed by atoms with Crippen molar-refractivity contribution in [2.45, 2.75) is 45.7 Å². The summed E-state index contributed by atoms with van der Waals surface area (Å²) in [5.74, 6) is 0.00116. The SMILES string of the molecule is C[C@H](CO)NC(=O)C1NCCCC1(C)C. The van der Waals surface area contributed by atoms with Crippen LogP contribution in [0.15, 0.2) is 0 Å². The normalized spacial score (nSPS) is 27.1. The average molecular weight is 214 g/mol. The fourth-order valence-corrected chi connectivity index (χ4v) is 2.03. The summed E-state index contributed by atoms with van der Waals surface area (Å²) in [6, 6.07) is -0.308. The van der Waals surface area contributed by atoms with E-state index in [2.05, 4.69) is 24.5 Å². The zero-order valence-corrected chi connectivity index (χ0v) is 9.84. The molecule has 0 aliphatic carbocycles. The molecule has 1 fully saturated rings. The molecule has 0 radical (unpaired) electrons. The highest BCUT2D eigenvalue weighted by Gasteiger charge is 2.37. The van der Waals surface area contributed by atoms with Crippen LogP contribution in [0.1, 0.15) is 33.6 Å². The number of amides is 1. The van der Waals surface area contributed by atoms with Gasteiger partial charge < -0.3 is 15.7 Å². The van der Waals surface area contributed by atoms with Crippen LogP contribution in [0.3, 0.4) is 0 Å². The molecule has 3 N–H and O–H groups in total. The maximum Gasteiger partial charge on any atom is 0.237 e. The number of hydrogen-bond donors (Lipinski definition) is 3. The number of aliphatic hydroxyl groups excluding tert-OH is 1. The summed E-state index contributed by atoms with van der Waals surface area (Å²) >= 11 is 0. The number of rotatable bonds is 3. The molecule has 1 saturated heterocycles. The van der Waals surface area contributed by atoms with Crippen molar-refractivity contribution in [3.8, 4) is 0 Å². The van der Waals surface area contributed by atoms with Crippen molar-refractivity contribution in [3.05, 3.63) is 0 Å². The van der Waals surface area contributed by atoms with E-state index >= 15 is 0 Å². The molecule has 15 heavy (non-hydrogen) atoms. The molecule has 0 spiro atoms. The molecule has 2 atom stereocenters. The van der Waals surface area contributed by atoms with Crippen molar-refractivity contribution in [3.63, 3.8) is 0 Å². The minimum Gasteiger partial charge on any atom is -0.394 e. The minimum atomic E-state index is -0.169. The summed E-state index contributed by atoms with van der Waals surface area (Å²) in [6.07, 6.45) is 2.18. The molecule has 0 aromatic heterocycles. The molecule has 1 heterocycles. The van der Waals surface area contributed by atoms with E-state index in [9.17, 15) is 4.79 Å². The van der Waals surface area contributed by atoms with Crippen LogP contribution in [0.25, 0.3) is 0 Å². The Morgan fingerprint density at radius 1 is 1.67 bits per heavy atom. The summed E-state index contributed by atoms with van der Waals surface area (Å²) in [5.41, 5.74) is -0.00247. The van der Waals surface area contributed by atoms with Crippen molar-refractivity contribution in [1.82, 2.24) is 10.6 Å². The summed E-state index contributed by atoms with van der Waals surface area (Å²) in [5, 5.41) is 14.9. The van der Waals surface area contributed by atoms with Gasteiger partial charge in [0.2, 0.25) is 5.91 Å². The third-order valence-corrected chi connectivity index (χ3v) is 3.05. The maximum atomic E-state index is 11.9. The van der Waals surface area contributed by atoms with Gasteiger partial charge in [-0.1, -0.05) is 13.8 Å². The minimum absolute atomic E-state index is 0.00116. The Kier molecular flexibility index (Phi) is 4.11. The predicted molar refractivity (Wildman–Crippen MR) is 59.5 cm³/mol. The molecular weight excluding hydrogens is 192 g/mol. The number of aliphatic hydroxyl groups is 1. The van der Waals surface area contributed by atoms with E-state index in [0.717, 1.165) is 19.4 Å². The fraction of sp³-hybridized carbons (Fsp3) is 0.909. The van der Waals surface area contributed by atoms with Crippen molar-refractivity contribution >= 4 is 5.91 Å². The summed E-state index contributed by atoms with van der Waals surface area (Å²) in [4.78, 5) is 11.9. The Labute approximate surface area is 91.4 Å². The van der Waals surface area contributed by atoms with Crippen LogP contribution < -0.4 is 10.6 Å². The van der Waals surface area contributed by atoms with Gasteiger partial charge in [-0.2, -0.15) is 0 Å². The Bertz CT molecular complexity index is 229. The van der Waals surface area contributed by atoms with Crippen molar-refractivity contribution in [2.75, 3.05) is 13.2 Å². The lowest BCUT2D eigenvalue weighted by Crippen LogP contribution is -2.57. The van der Waals surface area contributed by atoms with Gasteiger partial charge in [0.25, 0.3) is 0 Å². The van der Waals surface area contributed by atoms with Gasteiger partial charge in [-0.05, 0) is 31.7 Å². The molecule has 1 rings (SSSR count). The first-order chi connectivity index (χ1) is 6.97. The molecule has 1 unspecified atom stereocenters. The van der Waals surface area contributed by atoms with Crippen molar-refractivity contribution < 1.29 is 9.90 Å². The van der Waals surface area contributed by atoms with Crippen LogP contribution in [0, 0.1) is 5.41 Å². The first-order valence-corrected chi connectivity index (χ1v) is 5.62. The molecular formula is C11H22N2O2. The summed E-state index contributed by atoms with van der Waals surface area (Å²) in [7, 11) is 0. The summed E-state index contributed by atoms with van der Waals surface area (Å²) < 4.78 is 0. The topological polar surface area (TPSA) is 61.4 Å². The summed E-state index contributed by atoms with van der Waals surface area (Å²) in [6.45, 7) is 6.89. The molecule has 1 amide bonds. The molecule has 1 aliphatic heterocycles. The molecule has 0 aromatic carbocycles. The lowest BCUT2D eigenvalue weighted by molar-refractivity contribution is -0.127. The Morgan fingerprint density at radius 2 is 2.33 bits per heavy atom. The van der Waals surface area contributed by atoms with Crippen LogP contribution in [-0.4, -0.2) is 36.2 Å². The van der Waals surface area contributed by atoms with Gasteiger partial charge in [-0.15, -0.1) is 0 Å². The Hall–Kier alpha value is -0.610. The Balaban J connectivity index is 2.57. The smallest absolute Gasteiger partial charge is 0.237 e.